The van der Waals surface area contributed by atoms with Gasteiger partial charge < -0.3 is 9.51 Å². The third kappa shape index (κ3) is 2.38. The summed E-state index contributed by atoms with van der Waals surface area (Å²) in [6.07, 6.45) is 2.26. The van der Waals surface area contributed by atoms with Crippen LogP contribution in [0.2, 0.25) is 5.02 Å². The van der Waals surface area contributed by atoms with Crippen LogP contribution in [0.15, 0.2) is 35.1 Å². The van der Waals surface area contributed by atoms with Crippen LogP contribution >= 0.6 is 11.6 Å². The van der Waals surface area contributed by atoms with Gasteiger partial charge in [-0.05, 0) is 29.7 Å². The first-order chi connectivity index (χ1) is 9.13. The molecule has 3 rings (SSSR count). The van der Waals surface area contributed by atoms with Gasteiger partial charge in [-0.3, -0.25) is 0 Å². The SMILES string of the molecule is CC(C)c1cc2cc(Cl)c(Cc3ccon3)cc2[nH]1. The second kappa shape index (κ2) is 4.74. The number of nitrogens with one attached hydrogen (secondary N) is 1. The van der Waals surface area contributed by atoms with Crippen molar-refractivity contribution in [1.82, 2.24) is 10.1 Å². The van der Waals surface area contributed by atoms with Gasteiger partial charge in [0.1, 0.15) is 6.26 Å². The molecule has 0 amide bonds. The first-order valence-corrected chi connectivity index (χ1v) is 6.71. The molecule has 0 fully saturated rings. The summed E-state index contributed by atoms with van der Waals surface area (Å²) in [6.45, 7) is 4.34. The maximum absolute atomic E-state index is 6.34. The number of aromatic amines is 1. The zero-order valence-electron chi connectivity index (χ0n) is 10.9. The highest BCUT2D eigenvalue weighted by Gasteiger charge is 2.10. The van der Waals surface area contributed by atoms with Gasteiger partial charge in [0.25, 0.3) is 0 Å². The van der Waals surface area contributed by atoms with Crippen molar-refractivity contribution in [2.45, 2.75) is 26.2 Å². The minimum Gasteiger partial charge on any atom is -0.365 e. The standard InChI is InChI=1S/C15H15ClN2O/c1-9(2)14-8-11-6-13(16)10(7-15(11)17-14)5-12-3-4-19-18-12/h3-4,6-9,17H,5H2,1-2H3. The Bertz CT molecular complexity index is 698. The quantitative estimate of drug-likeness (QED) is 0.763. The number of benzene rings is 1. The molecule has 2 heterocycles. The molecular weight excluding hydrogens is 260 g/mol. The van der Waals surface area contributed by atoms with E-state index in [-0.39, 0.29) is 0 Å². The summed E-state index contributed by atoms with van der Waals surface area (Å²) in [5.41, 5.74) is 4.29. The number of hydrogen-bond acceptors (Lipinski definition) is 2. The van der Waals surface area contributed by atoms with Crippen molar-refractivity contribution in [2.24, 2.45) is 0 Å². The summed E-state index contributed by atoms with van der Waals surface area (Å²) in [5, 5.41) is 5.84. The molecule has 1 aromatic carbocycles. The molecule has 98 valence electrons. The van der Waals surface area contributed by atoms with Crippen LogP contribution in [0.4, 0.5) is 0 Å². The minimum absolute atomic E-state index is 0.477. The molecule has 3 nitrogen and oxygen atoms in total. The molecule has 0 saturated heterocycles. The molecule has 0 radical (unpaired) electrons. The van der Waals surface area contributed by atoms with Crippen LogP contribution in [0.1, 0.15) is 36.7 Å². The van der Waals surface area contributed by atoms with Crippen molar-refractivity contribution in [2.75, 3.05) is 0 Å². The summed E-state index contributed by atoms with van der Waals surface area (Å²) in [5.74, 6) is 0.477. The Morgan fingerprint density at radius 3 is 2.84 bits per heavy atom. The molecule has 0 saturated carbocycles. The fraction of sp³-hybridized carbons (Fsp3) is 0.267. The van der Waals surface area contributed by atoms with Gasteiger partial charge in [0.15, 0.2) is 0 Å². The largest absolute Gasteiger partial charge is 0.365 e. The fourth-order valence-corrected chi connectivity index (χ4v) is 2.43. The second-order valence-corrected chi connectivity index (χ2v) is 5.49. The van der Waals surface area contributed by atoms with Gasteiger partial charge in [-0.25, -0.2) is 0 Å². The fourth-order valence-electron chi connectivity index (χ4n) is 2.19. The van der Waals surface area contributed by atoms with E-state index in [9.17, 15) is 0 Å². The third-order valence-corrected chi connectivity index (χ3v) is 3.65. The number of fused-ring (bicyclic) bond motifs is 1. The predicted octanol–water partition coefficient (Wildman–Crippen LogP) is 4.52. The Labute approximate surface area is 116 Å². The Hall–Kier alpha value is -1.74. The maximum atomic E-state index is 6.34. The van der Waals surface area contributed by atoms with E-state index < -0.39 is 0 Å². The van der Waals surface area contributed by atoms with Crippen molar-refractivity contribution in [3.8, 4) is 0 Å². The Morgan fingerprint density at radius 1 is 1.32 bits per heavy atom. The lowest BCUT2D eigenvalue weighted by Gasteiger charge is -2.02. The molecule has 1 N–H and O–H groups in total. The van der Waals surface area contributed by atoms with Crippen molar-refractivity contribution in [1.29, 1.82) is 0 Å². The molecule has 0 unspecified atom stereocenters. The van der Waals surface area contributed by atoms with Gasteiger partial charge in [-0.15, -0.1) is 0 Å². The maximum Gasteiger partial charge on any atom is 0.124 e. The van der Waals surface area contributed by atoms with E-state index in [1.54, 1.807) is 6.26 Å². The molecule has 0 atom stereocenters. The van der Waals surface area contributed by atoms with Crippen LogP contribution in [0, 0.1) is 0 Å². The summed E-state index contributed by atoms with van der Waals surface area (Å²) in [4.78, 5) is 3.44. The van der Waals surface area contributed by atoms with Gasteiger partial charge >= 0.3 is 0 Å². The van der Waals surface area contributed by atoms with E-state index in [2.05, 4.69) is 36.1 Å². The molecule has 2 aromatic heterocycles. The first-order valence-electron chi connectivity index (χ1n) is 6.34. The van der Waals surface area contributed by atoms with Crippen LogP contribution in [0.5, 0.6) is 0 Å². The third-order valence-electron chi connectivity index (χ3n) is 3.29. The van der Waals surface area contributed by atoms with E-state index in [1.165, 1.54) is 5.69 Å². The normalized spacial score (nSPS) is 11.6. The van der Waals surface area contributed by atoms with E-state index >= 15 is 0 Å². The second-order valence-electron chi connectivity index (χ2n) is 5.08. The highest BCUT2D eigenvalue weighted by molar-refractivity contribution is 6.32. The molecule has 19 heavy (non-hydrogen) atoms. The van der Waals surface area contributed by atoms with Crippen LogP contribution in [0.25, 0.3) is 10.9 Å². The van der Waals surface area contributed by atoms with Crippen molar-refractivity contribution in [3.63, 3.8) is 0 Å². The molecule has 4 heteroatoms. The smallest absolute Gasteiger partial charge is 0.124 e. The van der Waals surface area contributed by atoms with Crippen LogP contribution in [0.3, 0.4) is 0 Å². The van der Waals surface area contributed by atoms with E-state index in [4.69, 9.17) is 16.1 Å². The lowest BCUT2D eigenvalue weighted by atomic mass is 10.1. The molecule has 0 spiro atoms. The zero-order valence-corrected chi connectivity index (χ0v) is 11.7. The van der Waals surface area contributed by atoms with Gasteiger partial charge in [-0.2, -0.15) is 0 Å². The average molecular weight is 275 g/mol. The summed E-state index contributed by atoms with van der Waals surface area (Å²) in [7, 11) is 0. The topological polar surface area (TPSA) is 41.8 Å². The molecule has 0 aliphatic carbocycles. The van der Waals surface area contributed by atoms with E-state index in [1.807, 2.05) is 12.1 Å². The molecule has 0 bridgehead atoms. The summed E-state index contributed by atoms with van der Waals surface area (Å²) >= 11 is 6.34. The number of nitrogens with zero attached hydrogens (tertiary/aromatic N) is 1. The number of H-pyrrole nitrogens is 1. The van der Waals surface area contributed by atoms with Gasteiger partial charge in [0.05, 0.1) is 5.69 Å². The Kier molecular flexibility index (Phi) is 3.07. The van der Waals surface area contributed by atoms with Crippen LogP contribution < -0.4 is 0 Å². The predicted molar refractivity (Wildman–Crippen MR) is 76.7 cm³/mol. The number of halogens is 1. The molecule has 3 aromatic rings. The van der Waals surface area contributed by atoms with Crippen LogP contribution in [-0.4, -0.2) is 10.1 Å². The molecular formula is C15H15ClN2O. The Balaban J connectivity index is 2.03. The van der Waals surface area contributed by atoms with Crippen LogP contribution in [-0.2, 0) is 6.42 Å². The van der Waals surface area contributed by atoms with Crippen molar-refractivity contribution in [3.05, 3.63) is 52.5 Å². The van der Waals surface area contributed by atoms with Crippen molar-refractivity contribution >= 4 is 22.5 Å². The first kappa shape index (κ1) is 12.3. The van der Waals surface area contributed by atoms with Gasteiger partial charge in [0, 0.05) is 34.1 Å². The minimum atomic E-state index is 0.477. The molecule has 0 aliphatic rings. The summed E-state index contributed by atoms with van der Waals surface area (Å²) in [6, 6.07) is 8.12. The van der Waals surface area contributed by atoms with E-state index in [0.717, 1.165) is 27.2 Å². The molecule has 0 aliphatic heterocycles. The number of hydrogen-bond donors (Lipinski definition) is 1. The number of aromatic nitrogens is 2. The summed E-state index contributed by atoms with van der Waals surface area (Å²) < 4.78 is 4.85. The Morgan fingerprint density at radius 2 is 2.16 bits per heavy atom. The van der Waals surface area contributed by atoms with Gasteiger partial charge in [0.2, 0.25) is 0 Å². The average Bonchev–Trinajstić information content (AvgIpc) is 2.98. The number of rotatable bonds is 3. The lowest BCUT2D eigenvalue weighted by Crippen LogP contribution is -1.90. The lowest BCUT2D eigenvalue weighted by molar-refractivity contribution is 0.413. The van der Waals surface area contributed by atoms with E-state index in [0.29, 0.717) is 12.3 Å². The highest BCUT2D eigenvalue weighted by Crippen LogP contribution is 2.28. The van der Waals surface area contributed by atoms with Gasteiger partial charge in [-0.1, -0.05) is 30.6 Å². The zero-order chi connectivity index (χ0) is 13.4. The highest BCUT2D eigenvalue weighted by atomic mass is 35.5. The monoisotopic (exact) mass is 274 g/mol. The van der Waals surface area contributed by atoms with Crippen molar-refractivity contribution < 1.29 is 4.52 Å².